The molecule has 0 aliphatic carbocycles. The smallest absolute Gasteiger partial charge is 0.0360 e. The van der Waals surface area contributed by atoms with Gasteiger partial charge in [0.2, 0.25) is 0 Å². The van der Waals surface area contributed by atoms with Crippen LogP contribution in [0.5, 0.6) is 0 Å². The van der Waals surface area contributed by atoms with Gasteiger partial charge in [0.15, 0.2) is 0 Å². The van der Waals surface area contributed by atoms with Crippen molar-refractivity contribution in [2.75, 3.05) is 6.54 Å². The van der Waals surface area contributed by atoms with Gasteiger partial charge in [0.05, 0.1) is 0 Å². The molecule has 1 nitrogen and oxygen atoms in total. The Bertz CT molecular complexity index is 219. The Morgan fingerprint density at radius 2 is 1.86 bits per heavy atom. The maximum atomic E-state index is 4.46. The summed E-state index contributed by atoms with van der Waals surface area (Å²) in [7, 11) is 0. The summed E-state index contributed by atoms with van der Waals surface area (Å²) >= 11 is 0. The molecule has 0 heterocycles. The number of hydrogen-bond donors (Lipinski definition) is 0. The van der Waals surface area contributed by atoms with Gasteiger partial charge in [0.1, 0.15) is 0 Å². The fraction of sp³-hybridized carbons (Fsp3) is 0.692. The van der Waals surface area contributed by atoms with Crippen LogP contribution in [0.1, 0.15) is 52.9 Å². The third kappa shape index (κ3) is 5.77. The van der Waals surface area contributed by atoms with E-state index >= 15 is 0 Å². The molecule has 0 rings (SSSR count). The molecule has 0 N–H and O–H groups in total. The van der Waals surface area contributed by atoms with Crippen molar-refractivity contribution in [3.8, 4) is 0 Å². The summed E-state index contributed by atoms with van der Waals surface area (Å²) in [6, 6.07) is 0. The van der Waals surface area contributed by atoms with Crippen LogP contribution in [0.15, 0.2) is 22.9 Å². The van der Waals surface area contributed by atoms with Crippen LogP contribution >= 0.6 is 0 Å². The van der Waals surface area contributed by atoms with Gasteiger partial charge in [-0.2, -0.15) is 0 Å². The zero-order valence-electron chi connectivity index (χ0n) is 9.90. The second-order valence-electron chi connectivity index (χ2n) is 3.42. The summed E-state index contributed by atoms with van der Waals surface area (Å²) in [5, 5.41) is 0. The fourth-order valence-corrected chi connectivity index (χ4v) is 1.49. The predicted molar refractivity (Wildman–Crippen MR) is 65.1 cm³/mol. The molecule has 0 bridgehead atoms. The van der Waals surface area contributed by atoms with E-state index in [9.17, 15) is 0 Å². The first-order chi connectivity index (χ1) is 6.78. The summed E-state index contributed by atoms with van der Waals surface area (Å²) < 4.78 is 0. The lowest BCUT2D eigenvalue weighted by Gasteiger charge is -2.05. The topological polar surface area (TPSA) is 12.4 Å². The predicted octanol–water partition coefficient (Wildman–Crippen LogP) is 4.15. The van der Waals surface area contributed by atoms with E-state index in [0.29, 0.717) is 0 Å². The molecular weight excluding hydrogens is 170 g/mol. The molecule has 0 aromatic rings. The van der Waals surface area contributed by atoms with Crippen molar-refractivity contribution < 1.29 is 0 Å². The molecule has 0 saturated carbocycles. The second kappa shape index (κ2) is 8.77. The number of hydrogen-bond acceptors (Lipinski definition) is 1. The van der Waals surface area contributed by atoms with Crippen LogP contribution in [0.25, 0.3) is 0 Å². The number of rotatable bonds is 7. The third-order valence-corrected chi connectivity index (χ3v) is 2.31. The molecule has 0 saturated heterocycles. The highest BCUT2D eigenvalue weighted by atomic mass is 14.7. The number of aliphatic imine (C=N–C) groups is 1. The zero-order valence-corrected chi connectivity index (χ0v) is 9.90. The minimum Gasteiger partial charge on any atom is -0.294 e. The summed E-state index contributed by atoms with van der Waals surface area (Å²) in [4.78, 5) is 4.46. The van der Waals surface area contributed by atoms with Crippen LogP contribution in [-0.2, 0) is 0 Å². The van der Waals surface area contributed by atoms with E-state index in [1.807, 2.05) is 0 Å². The lowest BCUT2D eigenvalue weighted by molar-refractivity contribution is 0.835. The van der Waals surface area contributed by atoms with E-state index < -0.39 is 0 Å². The van der Waals surface area contributed by atoms with Crippen LogP contribution in [0.2, 0.25) is 0 Å². The molecule has 0 spiro atoms. The van der Waals surface area contributed by atoms with E-state index in [0.717, 1.165) is 32.2 Å². The quantitative estimate of drug-likeness (QED) is 0.425. The largest absolute Gasteiger partial charge is 0.294 e. The second-order valence-corrected chi connectivity index (χ2v) is 3.42. The average Bonchev–Trinajstić information content (AvgIpc) is 2.22. The summed E-state index contributed by atoms with van der Waals surface area (Å²) in [6.07, 6.45) is 5.56. The molecule has 0 aromatic carbocycles. The molecule has 0 unspecified atom stereocenters. The minimum absolute atomic E-state index is 0.907. The molecule has 1 heteroatoms. The van der Waals surface area contributed by atoms with Gasteiger partial charge >= 0.3 is 0 Å². The standard InChI is InChI=1S/C13H23N/c1-5-9-12(6-2)10-11-13(7-3)14-8-4/h2,5,7-11H2,1,3-4H3. The van der Waals surface area contributed by atoms with Gasteiger partial charge in [0.25, 0.3) is 0 Å². The highest BCUT2D eigenvalue weighted by Gasteiger charge is 1.99. The van der Waals surface area contributed by atoms with E-state index in [1.165, 1.54) is 17.7 Å². The van der Waals surface area contributed by atoms with Crippen LogP contribution in [0, 0.1) is 0 Å². The summed E-state index contributed by atoms with van der Waals surface area (Å²) in [5.74, 6) is 0. The van der Waals surface area contributed by atoms with Gasteiger partial charge in [-0.3, -0.25) is 4.99 Å². The van der Waals surface area contributed by atoms with Gasteiger partial charge in [-0.15, -0.1) is 5.73 Å². The van der Waals surface area contributed by atoms with Crippen molar-refractivity contribution in [1.82, 2.24) is 0 Å². The Balaban J connectivity index is 4.01. The molecular formula is C13H23N. The van der Waals surface area contributed by atoms with Gasteiger partial charge in [-0.05, 0) is 38.2 Å². The fourth-order valence-electron chi connectivity index (χ4n) is 1.49. The maximum Gasteiger partial charge on any atom is 0.0360 e. The van der Waals surface area contributed by atoms with Crippen molar-refractivity contribution >= 4 is 5.71 Å². The van der Waals surface area contributed by atoms with E-state index in [-0.39, 0.29) is 0 Å². The summed E-state index contributed by atoms with van der Waals surface area (Å²) in [5.41, 5.74) is 5.72. The first-order valence-electron chi connectivity index (χ1n) is 5.68. The molecule has 80 valence electrons. The third-order valence-electron chi connectivity index (χ3n) is 2.31. The van der Waals surface area contributed by atoms with Crippen molar-refractivity contribution in [2.24, 2.45) is 4.99 Å². The lowest BCUT2D eigenvalue weighted by Crippen LogP contribution is -1.98. The Kier molecular flexibility index (Phi) is 8.27. The molecule has 0 radical (unpaired) electrons. The monoisotopic (exact) mass is 193 g/mol. The number of nitrogens with zero attached hydrogens (tertiary/aromatic N) is 1. The molecule has 0 aliphatic rings. The molecule has 0 aliphatic heterocycles. The first-order valence-corrected chi connectivity index (χ1v) is 5.68. The molecule has 0 amide bonds. The van der Waals surface area contributed by atoms with Gasteiger partial charge in [0, 0.05) is 12.3 Å². The molecule has 0 atom stereocenters. The number of allylic oxidation sites excluding steroid dienone is 1. The van der Waals surface area contributed by atoms with E-state index in [4.69, 9.17) is 0 Å². The first kappa shape index (κ1) is 13.2. The van der Waals surface area contributed by atoms with Crippen molar-refractivity contribution in [1.29, 1.82) is 0 Å². The van der Waals surface area contributed by atoms with Crippen molar-refractivity contribution in [3.05, 3.63) is 17.9 Å². The van der Waals surface area contributed by atoms with Crippen LogP contribution in [0.3, 0.4) is 0 Å². The summed E-state index contributed by atoms with van der Waals surface area (Å²) in [6.45, 7) is 11.1. The van der Waals surface area contributed by atoms with Crippen LogP contribution in [0.4, 0.5) is 0 Å². The van der Waals surface area contributed by atoms with Gasteiger partial charge in [-0.1, -0.05) is 26.8 Å². The van der Waals surface area contributed by atoms with Gasteiger partial charge < -0.3 is 0 Å². The highest BCUT2D eigenvalue weighted by molar-refractivity contribution is 5.84. The van der Waals surface area contributed by atoms with Crippen LogP contribution < -0.4 is 0 Å². The minimum atomic E-state index is 0.907. The Morgan fingerprint density at radius 3 is 2.29 bits per heavy atom. The van der Waals surface area contributed by atoms with E-state index in [2.05, 4.69) is 38.1 Å². The van der Waals surface area contributed by atoms with Gasteiger partial charge in [-0.25, -0.2) is 0 Å². The molecule has 14 heavy (non-hydrogen) atoms. The Hall–Kier alpha value is -0.810. The molecule has 0 aromatic heterocycles. The maximum absolute atomic E-state index is 4.46. The highest BCUT2D eigenvalue weighted by Crippen LogP contribution is 2.12. The average molecular weight is 193 g/mol. The zero-order chi connectivity index (χ0) is 10.8. The molecule has 0 fully saturated rings. The van der Waals surface area contributed by atoms with Crippen molar-refractivity contribution in [3.63, 3.8) is 0 Å². The van der Waals surface area contributed by atoms with Crippen LogP contribution in [-0.4, -0.2) is 12.3 Å². The Labute approximate surface area is 88.6 Å². The van der Waals surface area contributed by atoms with E-state index in [1.54, 1.807) is 0 Å². The normalized spacial score (nSPS) is 11.2. The lowest BCUT2D eigenvalue weighted by atomic mass is 10.0. The SMILES string of the molecule is C=C=C(CCC)CCC(CC)=NCC. The van der Waals surface area contributed by atoms with Crippen molar-refractivity contribution in [2.45, 2.75) is 52.9 Å². The Morgan fingerprint density at radius 1 is 1.14 bits per heavy atom.